The molecule has 0 aliphatic heterocycles. The van der Waals surface area contributed by atoms with Crippen LogP contribution in [0.25, 0.3) is 0 Å². The van der Waals surface area contributed by atoms with E-state index in [9.17, 15) is 34.1 Å². The molecule has 3 atom stereocenters. The molecule has 11 nitrogen and oxygen atoms in total. The molecular weight excluding hydrogens is 661 g/mol. The summed E-state index contributed by atoms with van der Waals surface area (Å²) in [5.74, 6) is -2.83. The fourth-order valence-corrected chi connectivity index (χ4v) is 6.77. The van der Waals surface area contributed by atoms with Crippen molar-refractivity contribution in [2.24, 2.45) is 0 Å². The largest absolute Gasteiger partial charge is 0.480 e. The van der Waals surface area contributed by atoms with Gasteiger partial charge in [0.1, 0.15) is 6.10 Å². The first-order chi connectivity index (χ1) is 24.1. The van der Waals surface area contributed by atoms with E-state index >= 15 is 0 Å². The van der Waals surface area contributed by atoms with E-state index in [4.69, 9.17) is 9.63 Å². The molecule has 296 valence electrons. The van der Waals surface area contributed by atoms with Crippen LogP contribution in [0.2, 0.25) is 0 Å². The average Bonchev–Trinajstić information content (AvgIpc) is 3.09. The van der Waals surface area contributed by atoms with E-state index in [2.05, 4.69) is 18.4 Å². The van der Waals surface area contributed by atoms with E-state index < -0.39 is 57.6 Å². The number of hydrogen-bond acceptors (Lipinski definition) is 8. The van der Waals surface area contributed by atoms with E-state index in [0.29, 0.717) is 17.7 Å². The van der Waals surface area contributed by atoms with Crippen molar-refractivity contribution >= 4 is 25.6 Å². The second kappa shape index (κ2) is 33.5. The molecule has 0 bridgehead atoms. The zero-order chi connectivity index (χ0) is 37.3. The summed E-state index contributed by atoms with van der Waals surface area (Å²) in [7, 11) is -4.84. The normalized spacial score (nSPS) is 13.9. The Labute approximate surface area is 303 Å². The van der Waals surface area contributed by atoms with Gasteiger partial charge < -0.3 is 20.2 Å². The van der Waals surface area contributed by atoms with Crippen molar-refractivity contribution in [2.75, 3.05) is 19.8 Å². The quantitative estimate of drug-likeness (QED) is 0.0356. The number of carboxylic acids is 1. The van der Waals surface area contributed by atoms with Crippen LogP contribution >= 0.6 is 7.82 Å². The number of phosphoric ester groups is 1. The van der Waals surface area contributed by atoms with Crippen LogP contribution in [-0.2, 0) is 28.0 Å². The zero-order valence-electron chi connectivity index (χ0n) is 31.7. The van der Waals surface area contributed by atoms with Gasteiger partial charge in [0.2, 0.25) is 11.8 Å². The van der Waals surface area contributed by atoms with Gasteiger partial charge in [-0.2, -0.15) is 0 Å². The summed E-state index contributed by atoms with van der Waals surface area (Å²) in [6.07, 6.45) is 27.9. The molecule has 0 aliphatic rings. The summed E-state index contributed by atoms with van der Waals surface area (Å²) >= 11 is 0. The molecule has 0 fully saturated rings. The maximum atomic E-state index is 13.3. The Bertz CT molecular complexity index is 848. The summed E-state index contributed by atoms with van der Waals surface area (Å²) in [5, 5.41) is 28.3. The number of aliphatic hydroxyl groups is 2. The molecule has 0 aromatic heterocycles. The van der Waals surface area contributed by atoms with Gasteiger partial charge in [-0.05, 0) is 12.8 Å². The molecule has 2 amide bonds. The molecule has 0 aliphatic carbocycles. The smallest absolute Gasteiger partial charge is 0.472 e. The molecule has 0 saturated heterocycles. The minimum absolute atomic E-state index is 0.0120. The number of rotatable bonds is 37. The van der Waals surface area contributed by atoms with E-state index in [1.54, 1.807) is 0 Å². The maximum absolute atomic E-state index is 13.3. The Balaban J connectivity index is 4.85. The van der Waals surface area contributed by atoms with Crippen LogP contribution in [0.1, 0.15) is 194 Å². The molecular formula is C38H74NO10P. The predicted octanol–water partition coefficient (Wildman–Crippen LogP) is 9.24. The first kappa shape index (κ1) is 48.6. The third-order valence-electron chi connectivity index (χ3n) is 9.16. The van der Waals surface area contributed by atoms with Gasteiger partial charge in [0.15, 0.2) is 6.04 Å². The maximum Gasteiger partial charge on any atom is 0.472 e. The van der Waals surface area contributed by atoms with Crippen molar-refractivity contribution in [1.29, 1.82) is 0 Å². The number of phosphoric acid groups is 1. The first-order valence-electron chi connectivity index (χ1n) is 20.1. The van der Waals surface area contributed by atoms with Gasteiger partial charge >= 0.3 is 13.8 Å². The number of carbonyl (C=O) groups is 3. The zero-order valence-corrected chi connectivity index (χ0v) is 32.6. The van der Waals surface area contributed by atoms with Crippen LogP contribution in [0.5, 0.6) is 0 Å². The summed E-state index contributed by atoms with van der Waals surface area (Å²) in [6, 6.07) is -1.81. The van der Waals surface area contributed by atoms with Crippen molar-refractivity contribution in [3.63, 3.8) is 0 Å². The van der Waals surface area contributed by atoms with Crippen LogP contribution in [0, 0.1) is 0 Å². The summed E-state index contributed by atoms with van der Waals surface area (Å²) in [5.41, 5.74) is 0. The lowest BCUT2D eigenvalue weighted by molar-refractivity contribution is -0.159. The molecule has 12 heteroatoms. The van der Waals surface area contributed by atoms with Crippen molar-refractivity contribution < 1.29 is 48.2 Å². The van der Waals surface area contributed by atoms with E-state index in [0.717, 1.165) is 51.4 Å². The fourth-order valence-electron chi connectivity index (χ4n) is 6.01. The lowest BCUT2D eigenvalue weighted by Gasteiger charge is -2.28. The van der Waals surface area contributed by atoms with Crippen molar-refractivity contribution in [2.45, 2.75) is 206 Å². The van der Waals surface area contributed by atoms with Gasteiger partial charge in [0.05, 0.1) is 19.8 Å². The van der Waals surface area contributed by atoms with Crippen LogP contribution < -0.4 is 0 Å². The molecule has 0 radical (unpaired) electrons. The third kappa shape index (κ3) is 28.3. The second-order valence-corrected chi connectivity index (χ2v) is 15.3. The Morgan fingerprint density at radius 1 is 0.560 bits per heavy atom. The Morgan fingerprint density at radius 2 is 0.860 bits per heavy atom. The standard InChI is InChI=1S/C38H74NO10P/c1-3-5-7-9-11-13-15-17-19-21-23-25-27-29-36(42)39(35(38(44)45)33-49-50(46,47)48-32-34(41)31-40)37(43)30-28-26-24-22-20-18-16-14-12-10-8-6-4-2/h34-35,40-41H,3-33H2,1-2H3,(H,44,45)(H,46,47)/t34-,35+/m1/s1. The van der Waals surface area contributed by atoms with Crippen LogP contribution in [0.4, 0.5) is 0 Å². The summed E-state index contributed by atoms with van der Waals surface area (Å²) < 4.78 is 21.7. The van der Waals surface area contributed by atoms with Gasteiger partial charge in [-0.15, -0.1) is 0 Å². The highest BCUT2D eigenvalue weighted by atomic mass is 31.2. The first-order valence-corrected chi connectivity index (χ1v) is 21.6. The molecule has 0 heterocycles. The molecule has 0 aromatic carbocycles. The summed E-state index contributed by atoms with van der Waals surface area (Å²) in [4.78, 5) is 49.5. The van der Waals surface area contributed by atoms with Gasteiger partial charge in [-0.1, -0.05) is 168 Å². The number of unbranched alkanes of at least 4 members (excludes halogenated alkanes) is 24. The third-order valence-corrected chi connectivity index (χ3v) is 10.1. The van der Waals surface area contributed by atoms with Crippen molar-refractivity contribution in [3.05, 3.63) is 0 Å². The fraction of sp³-hybridized carbons (Fsp3) is 0.921. The minimum Gasteiger partial charge on any atom is -0.480 e. The number of nitrogens with zero attached hydrogens (tertiary/aromatic N) is 1. The number of aliphatic hydroxyl groups excluding tert-OH is 2. The topological polar surface area (TPSA) is 171 Å². The molecule has 4 N–H and O–H groups in total. The van der Waals surface area contributed by atoms with Gasteiger partial charge in [-0.3, -0.25) is 23.5 Å². The van der Waals surface area contributed by atoms with Crippen LogP contribution in [0.15, 0.2) is 0 Å². The minimum atomic E-state index is -4.84. The molecule has 0 spiro atoms. The molecule has 1 unspecified atom stereocenters. The average molecular weight is 736 g/mol. The molecule has 50 heavy (non-hydrogen) atoms. The molecule has 0 saturated carbocycles. The molecule has 0 aromatic rings. The number of hydrogen-bond donors (Lipinski definition) is 4. The van der Waals surface area contributed by atoms with Gasteiger partial charge in [0.25, 0.3) is 0 Å². The van der Waals surface area contributed by atoms with E-state index in [1.807, 2.05) is 0 Å². The highest BCUT2D eigenvalue weighted by Crippen LogP contribution is 2.43. The molecule has 0 rings (SSSR count). The van der Waals surface area contributed by atoms with Crippen molar-refractivity contribution in [1.82, 2.24) is 4.90 Å². The Morgan fingerprint density at radius 3 is 1.16 bits per heavy atom. The SMILES string of the molecule is CCCCCCCCCCCCCCCC(=O)N(C(=O)CCCCCCCCCCCCCCC)[C@@H](COP(=O)(O)OC[C@H](O)CO)C(=O)O. The van der Waals surface area contributed by atoms with E-state index in [-0.39, 0.29) is 12.8 Å². The predicted molar refractivity (Wildman–Crippen MR) is 199 cm³/mol. The van der Waals surface area contributed by atoms with Gasteiger partial charge in [0, 0.05) is 12.8 Å². The number of amides is 2. The van der Waals surface area contributed by atoms with Crippen molar-refractivity contribution in [3.8, 4) is 0 Å². The van der Waals surface area contributed by atoms with Gasteiger partial charge in [-0.25, -0.2) is 9.36 Å². The number of imide groups is 1. The highest BCUT2D eigenvalue weighted by molar-refractivity contribution is 7.47. The monoisotopic (exact) mass is 736 g/mol. The van der Waals surface area contributed by atoms with E-state index in [1.165, 1.54) is 103 Å². The lowest BCUT2D eigenvalue weighted by atomic mass is 10.0. The van der Waals surface area contributed by atoms with Crippen LogP contribution in [-0.4, -0.2) is 74.9 Å². The number of carbonyl (C=O) groups excluding carboxylic acids is 2. The Kier molecular flexibility index (Phi) is 32.6. The Hall–Kier alpha value is -1.36. The summed E-state index contributed by atoms with van der Waals surface area (Å²) in [6.45, 7) is 2.06. The van der Waals surface area contributed by atoms with Crippen LogP contribution in [0.3, 0.4) is 0 Å². The number of aliphatic carboxylic acids is 1. The lowest BCUT2D eigenvalue weighted by Crippen LogP contribution is -2.50. The highest BCUT2D eigenvalue weighted by Gasteiger charge is 2.37. The number of carboxylic acid groups (broad SMARTS) is 1. The second-order valence-electron chi connectivity index (χ2n) is 13.9.